The molecule has 0 fully saturated rings. The number of thiophene rings is 1. The lowest BCUT2D eigenvalue weighted by Gasteiger charge is -2.25. The monoisotopic (exact) mass is 367 g/mol. The van der Waals surface area contributed by atoms with E-state index in [0.717, 1.165) is 34.5 Å². The van der Waals surface area contributed by atoms with Crippen LogP contribution in [0.15, 0.2) is 28.5 Å². The van der Waals surface area contributed by atoms with Crippen LogP contribution in [0.4, 0.5) is 0 Å². The summed E-state index contributed by atoms with van der Waals surface area (Å²) in [7, 11) is 0. The number of guanidine groups is 1. The lowest BCUT2D eigenvalue weighted by atomic mass is 9.81. The summed E-state index contributed by atoms with van der Waals surface area (Å²) in [5.41, 5.74) is 15.8. The van der Waals surface area contributed by atoms with E-state index in [2.05, 4.69) is 15.2 Å². The van der Waals surface area contributed by atoms with Crippen LogP contribution in [0.2, 0.25) is 8.67 Å². The van der Waals surface area contributed by atoms with E-state index in [9.17, 15) is 0 Å². The highest BCUT2D eigenvalue weighted by Crippen LogP contribution is 2.41. The first-order valence-electron chi connectivity index (χ1n) is 7.00. The summed E-state index contributed by atoms with van der Waals surface area (Å²) in [6.07, 6.45) is 3.27. The van der Waals surface area contributed by atoms with Gasteiger partial charge in [0.05, 0.1) is 20.1 Å². The molecule has 0 aliphatic heterocycles. The molecule has 1 aliphatic carbocycles. The van der Waals surface area contributed by atoms with E-state index in [1.165, 1.54) is 11.3 Å². The van der Waals surface area contributed by atoms with Crippen molar-refractivity contribution in [2.24, 2.45) is 21.7 Å². The number of halogens is 2. The van der Waals surface area contributed by atoms with Crippen molar-refractivity contribution in [1.82, 2.24) is 4.98 Å². The molecule has 120 valence electrons. The minimum atomic E-state index is -0.0701. The molecule has 2 heterocycles. The summed E-state index contributed by atoms with van der Waals surface area (Å²) in [4.78, 5) is 4.51. The van der Waals surface area contributed by atoms with Crippen LogP contribution in [-0.2, 0) is 6.42 Å². The Labute approximate surface area is 148 Å². The number of rotatable bonds is 2. The summed E-state index contributed by atoms with van der Waals surface area (Å²) < 4.78 is 1.38. The molecule has 0 spiro atoms. The molecule has 0 radical (unpaired) electrons. The van der Waals surface area contributed by atoms with Crippen molar-refractivity contribution in [2.45, 2.75) is 25.7 Å². The molecule has 1 aliphatic rings. The SMILES string of the molecule is Cc1ccnc2c1/C(=N/N=C(N)N)C[C@@H](c1cc(Cl)sc1Cl)C2. The minimum absolute atomic E-state index is 0.0701. The van der Waals surface area contributed by atoms with E-state index >= 15 is 0 Å². The Balaban J connectivity index is 2.08. The zero-order valence-corrected chi connectivity index (χ0v) is 14.7. The van der Waals surface area contributed by atoms with E-state index in [-0.39, 0.29) is 11.9 Å². The quantitative estimate of drug-likeness (QED) is 0.483. The summed E-state index contributed by atoms with van der Waals surface area (Å²) in [6, 6.07) is 3.87. The van der Waals surface area contributed by atoms with Crippen LogP contribution in [0, 0.1) is 6.92 Å². The normalized spacial score (nSPS) is 18.7. The van der Waals surface area contributed by atoms with Gasteiger partial charge in [-0.15, -0.1) is 16.4 Å². The molecule has 2 aromatic rings. The number of nitrogens with zero attached hydrogens (tertiary/aromatic N) is 3. The molecule has 0 aromatic carbocycles. The number of aryl methyl sites for hydroxylation is 1. The van der Waals surface area contributed by atoms with Gasteiger partial charge in [-0.2, -0.15) is 5.10 Å². The number of aromatic nitrogens is 1. The first-order chi connectivity index (χ1) is 11.0. The fraction of sp³-hybridized carbons (Fsp3) is 0.267. The van der Waals surface area contributed by atoms with Gasteiger partial charge in [0.15, 0.2) is 0 Å². The highest BCUT2D eigenvalue weighted by Gasteiger charge is 2.29. The van der Waals surface area contributed by atoms with Crippen LogP contribution >= 0.6 is 34.5 Å². The van der Waals surface area contributed by atoms with E-state index in [1.807, 2.05) is 19.1 Å². The molecule has 0 saturated heterocycles. The molecule has 0 unspecified atom stereocenters. The van der Waals surface area contributed by atoms with Crippen LogP contribution < -0.4 is 11.5 Å². The molecule has 8 heteroatoms. The van der Waals surface area contributed by atoms with Crippen molar-refractivity contribution in [3.8, 4) is 0 Å². The minimum Gasteiger partial charge on any atom is -0.369 e. The maximum Gasteiger partial charge on any atom is 0.211 e. The van der Waals surface area contributed by atoms with Crippen molar-refractivity contribution >= 4 is 46.2 Å². The number of fused-ring (bicyclic) bond motifs is 1. The van der Waals surface area contributed by atoms with Gasteiger partial charge in [0.1, 0.15) is 0 Å². The Hall–Kier alpha value is -1.63. The van der Waals surface area contributed by atoms with Crippen LogP contribution in [0.3, 0.4) is 0 Å². The Morgan fingerprint density at radius 2 is 2.13 bits per heavy atom. The van der Waals surface area contributed by atoms with E-state index in [1.54, 1.807) is 6.20 Å². The topological polar surface area (TPSA) is 89.6 Å². The third-order valence-electron chi connectivity index (χ3n) is 3.81. The third-order valence-corrected chi connectivity index (χ3v) is 5.33. The molecule has 3 rings (SSSR count). The fourth-order valence-electron chi connectivity index (χ4n) is 2.86. The Morgan fingerprint density at radius 1 is 1.35 bits per heavy atom. The summed E-state index contributed by atoms with van der Waals surface area (Å²) in [5, 5.41) is 8.06. The predicted octanol–water partition coefficient (Wildman–Crippen LogP) is 3.47. The highest BCUT2D eigenvalue weighted by molar-refractivity contribution is 7.20. The van der Waals surface area contributed by atoms with Crippen molar-refractivity contribution in [3.63, 3.8) is 0 Å². The van der Waals surface area contributed by atoms with Crippen molar-refractivity contribution in [3.05, 3.63) is 49.4 Å². The molecule has 23 heavy (non-hydrogen) atoms. The van der Waals surface area contributed by atoms with E-state index in [4.69, 9.17) is 34.7 Å². The van der Waals surface area contributed by atoms with Gasteiger partial charge >= 0.3 is 0 Å². The number of pyridine rings is 1. The zero-order valence-electron chi connectivity index (χ0n) is 12.4. The van der Waals surface area contributed by atoms with Crippen LogP contribution in [0.5, 0.6) is 0 Å². The smallest absolute Gasteiger partial charge is 0.211 e. The van der Waals surface area contributed by atoms with Crippen LogP contribution in [0.1, 0.15) is 34.7 Å². The predicted molar refractivity (Wildman–Crippen MR) is 96.7 cm³/mol. The van der Waals surface area contributed by atoms with Crippen LogP contribution in [-0.4, -0.2) is 16.7 Å². The molecular weight excluding hydrogens is 353 g/mol. The number of hydrogen-bond donors (Lipinski definition) is 2. The maximum absolute atomic E-state index is 6.32. The van der Waals surface area contributed by atoms with Gasteiger partial charge in [0, 0.05) is 11.8 Å². The first-order valence-corrected chi connectivity index (χ1v) is 8.58. The van der Waals surface area contributed by atoms with Crippen LogP contribution in [0.25, 0.3) is 0 Å². The van der Waals surface area contributed by atoms with Gasteiger partial charge < -0.3 is 11.5 Å². The van der Waals surface area contributed by atoms with Gasteiger partial charge in [0.25, 0.3) is 0 Å². The van der Waals surface area contributed by atoms with Gasteiger partial charge in [-0.3, -0.25) is 4.98 Å². The molecule has 2 aromatic heterocycles. The lowest BCUT2D eigenvalue weighted by Crippen LogP contribution is -2.24. The Bertz CT molecular complexity index is 808. The zero-order chi connectivity index (χ0) is 16.6. The molecule has 0 bridgehead atoms. The second kappa shape index (κ2) is 6.47. The van der Waals surface area contributed by atoms with Crippen molar-refractivity contribution < 1.29 is 0 Å². The Kier molecular flexibility index (Phi) is 4.57. The summed E-state index contributed by atoms with van der Waals surface area (Å²) >= 11 is 13.8. The first kappa shape index (κ1) is 16.2. The number of nitrogens with two attached hydrogens (primary N) is 2. The lowest BCUT2D eigenvalue weighted by molar-refractivity contribution is 0.680. The summed E-state index contributed by atoms with van der Waals surface area (Å²) in [6.45, 7) is 2.03. The third kappa shape index (κ3) is 3.34. The standard InChI is InChI=1S/C15H15Cl2N5S/c1-7-2-3-20-10-4-8(9-6-12(16)23-14(9)17)5-11(13(7)10)21-22-15(18)19/h2-3,6,8H,4-5H2,1H3,(H4,18,19,22)/b21-11+/t8-/m0/s1. The maximum atomic E-state index is 6.32. The highest BCUT2D eigenvalue weighted by atomic mass is 35.5. The van der Waals surface area contributed by atoms with E-state index in [0.29, 0.717) is 15.1 Å². The van der Waals surface area contributed by atoms with E-state index < -0.39 is 0 Å². The summed E-state index contributed by atoms with van der Waals surface area (Å²) in [5.74, 6) is 0.0836. The largest absolute Gasteiger partial charge is 0.369 e. The van der Waals surface area contributed by atoms with Gasteiger partial charge in [0.2, 0.25) is 5.96 Å². The molecular formula is C15H15Cl2N5S. The van der Waals surface area contributed by atoms with Gasteiger partial charge in [-0.1, -0.05) is 23.2 Å². The number of hydrogen-bond acceptors (Lipinski definition) is 4. The van der Waals surface area contributed by atoms with Crippen molar-refractivity contribution in [2.75, 3.05) is 0 Å². The molecule has 0 amide bonds. The van der Waals surface area contributed by atoms with Crippen molar-refractivity contribution in [1.29, 1.82) is 0 Å². The molecule has 5 nitrogen and oxygen atoms in total. The molecule has 0 saturated carbocycles. The Morgan fingerprint density at radius 3 is 2.78 bits per heavy atom. The second-order valence-electron chi connectivity index (χ2n) is 5.41. The second-order valence-corrected chi connectivity index (χ2v) is 7.69. The molecule has 1 atom stereocenters. The average molecular weight is 368 g/mol. The van der Waals surface area contributed by atoms with Gasteiger partial charge in [-0.05, 0) is 48.9 Å². The van der Waals surface area contributed by atoms with Gasteiger partial charge in [-0.25, -0.2) is 0 Å². The average Bonchev–Trinajstić information content (AvgIpc) is 2.83. The fourth-order valence-corrected chi connectivity index (χ4v) is 4.49. The molecule has 4 N–H and O–H groups in total.